The van der Waals surface area contributed by atoms with Gasteiger partial charge in [0.1, 0.15) is 6.61 Å². The molecule has 0 aromatic heterocycles. The number of carbonyl (C=O) groups is 2. The number of benzene rings is 1. The minimum atomic E-state index is -0.492. The summed E-state index contributed by atoms with van der Waals surface area (Å²) in [6, 6.07) is 9.72. The fraction of sp³-hybridized carbons (Fsp3) is 0.556. The Hall–Kier alpha value is -1.84. The smallest absolute Gasteiger partial charge is 0.416 e. The highest BCUT2D eigenvalue weighted by molar-refractivity contribution is 5.94. The first-order valence-electron chi connectivity index (χ1n) is 8.06. The van der Waals surface area contributed by atoms with Crippen LogP contribution in [-0.4, -0.2) is 29.5 Å². The summed E-state index contributed by atoms with van der Waals surface area (Å²) >= 11 is 0. The highest BCUT2D eigenvalue weighted by Crippen LogP contribution is 2.24. The molecule has 1 aliphatic rings. The summed E-state index contributed by atoms with van der Waals surface area (Å²) in [4.78, 5) is 26.1. The van der Waals surface area contributed by atoms with Crippen LogP contribution in [0.15, 0.2) is 30.3 Å². The standard InChI is InChI=1S/C18H25NO3/c1-4-15(10-13(2)3)17(20)19-16(12-22-18(19)21)11-14-8-6-5-7-9-14/h5-9,13,15-16H,4,10-12H2,1-3H3. The fourth-order valence-corrected chi connectivity index (χ4v) is 2.97. The molecule has 0 spiro atoms. The Morgan fingerprint density at radius 2 is 2.00 bits per heavy atom. The third-order valence-corrected chi connectivity index (χ3v) is 4.11. The Kier molecular flexibility index (Phi) is 5.58. The van der Waals surface area contributed by atoms with Gasteiger partial charge in [-0.1, -0.05) is 51.1 Å². The minimum absolute atomic E-state index is 0.0837. The molecule has 1 saturated heterocycles. The van der Waals surface area contributed by atoms with Crippen LogP contribution < -0.4 is 0 Å². The number of rotatable bonds is 6. The van der Waals surface area contributed by atoms with Gasteiger partial charge in [-0.05, 0) is 30.7 Å². The summed E-state index contributed by atoms with van der Waals surface area (Å²) in [5.41, 5.74) is 1.11. The molecule has 0 saturated carbocycles. The lowest BCUT2D eigenvalue weighted by atomic mass is 9.93. The molecule has 0 radical (unpaired) electrons. The third kappa shape index (κ3) is 3.87. The second-order valence-corrected chi connectivity index (χ2v) is 6.36. The number of nitrogens with zero attached hydrogens (tertiary/aromatic N) is 1. The monoisotopic (exact) mass is 303 g/mol. The maximum Gasteiger partial charge on any atom is 0.416 e. The van der Waals surface area contributed by atoms with Crippen LogP contribution in [-0.2, 0) is 16.0 Å². The van der Waals surface area contributed by atoms with Crippen molar-refractivity contribution in [2.45, 2.75) is 46.1 Å². The zero-order chi connectivity index (χ0) is 16.1. The van der Waals surface area contributed by atoms with Crippen LogP contribution in [0.2, 0.25) is 0 Å². The van der Waals surface area contributed by atoms with Crippen molar-refractivity contribution in [2.75, 3.05) is 6.61 Å². The van der Waals surface area contributed by atoms with Crippen molar-refractivity contribution in [1.82, 2.24) is 4.90 Å². The average molecular weight is 303 g/mol. The predicted octanol–water partition coefficient (Wildman–Crippen LogP) is 3.65. The molecule has 2 rings (SSSR count). The molecule has 120 valence electrons. The molecule has 4 nitrogen and oxygen atoms in total. The first-order chi connectivity index (χ1) is 10.5. The molecule has 1 heterocycles. The van der Waals surface area contributed by atoms with Gasteiger partial charge in [-0.2, -0.15) is 0 Å². The SMILES string of the molecule is CCC(CC(C)C)C(=O)N1C(=O)OCC1Cc1ccccc1. The number of carbonyl (C=O) groups excluding carboxylic acids is 2. The van der Waals surface area contributed by atoms with E-state index in [1.54, 1.807) is 0 Å². The number of amides is 2. The molecule has 1 aliphatic heterocycles. The van der Waals surface area contributed by atoms with Crippen molar-refractivity contribution >= 4 is 12.0 Å². The Morgan fingerprint density at radius 1 is 1.32 bits per heavy atom. The zero-order valence-corrected chi connectivity index (χ0v) is 13.6. The topological polar surface area (TPSA) is 46.6 Å². The summed E-state index contributed by atoms with van der Waals surface area (Å²) < 4.78 is 5.14. The van der Waals surface area contributed by atoms with Crippen LogP contribution in [0.4, 0.5) is 4.79 Å². The van der Waals surface area contributed by atoms with Crippen molar-refractivity contribution in [3.05, 3.63) is 35.9 Å². The Morgan fingerprint density at radius 3 is 2.59 bits per heavy atom. The van der Waals surface area contributed by atoms with Crippen molar-refractivity contribution in [1.29, 1.82) is 0 Å². The summed E-state index contributed by atoms with van der Waals surface area (Å²) in [6.07, 6.45) is 1.71. The molecule has 0 aliphatic carbocycles. The van der Waals surface area contributed by atoms with E-state index in [-0.39, 0.29) is 24.5 Å². The molecule has 2 atom stereocenters. The molecule has 2 unspecified atom stereocenters. The molecule has 22 heavy (non-hydrogen) atoms. The van der Waals surface area contributed by atoms with Gasteiger partial charge in [0, 0.05) is 5.92 Å². The largest absolute Gasteiger partial charge is 0.447 e. The number of hydrogen-bond donors (Lipinski definition) is 0. The van der Waals surface area contributed by atoms with E-state index in [0.29, 0.717) is 12.3 Å². The molecule has 4 heteroatoms. The van der Waals surface area contributed by atoms with Gasteiger partial charge in [0.25, 0.3) is 0 Å². The van der Waals surface area contributed by atoms with Crippen LogP contribution in [0.3, 0.4) is 0 Å². The van der Waals surface area contributed by atoms with Crippen LogP contribution in [0.25, 0.3) is 0 Å². The molecule has 0 N–H and O–H groups in total. The second-order valence-electron chi connectivity index (χ2n) is 6.36. The van der Waals surface area contributed by atoms with Gasteiger partial charge in [0.15, 0.2) is 0 Å². The summed E-state index contributed by atoms with van der Waals surface area (Å²) in [7, 11) is 0. The normalized spacial score (nSPS) is 19.4. The van der Waals surface area contributed by atoms with E-state index >= 15 is 0 Å². The van der Waals surface area contributed by atoms with E-state index in [9.17, 15) is 9.59 Å². The van der Waals surface area contributed by atoms with Gasteiger partial charge in [-0.15, -0.1) is 0 Å². The van der Waals surface area contributed by atoms with E-state index in [1.165, 1.54) is 4.90 Å². The predicted molar refractivity (Wildman–Crippen MR) is 85.4 cm³/mol. The molecule has 1 aromatic rings. The molecule has 2 amide bonds. The molecule has 1 aromatic carbocycles. The second kappa shape index (κ2) is 7.43. The molecule has 1 fully saturated rings. The van der Waals surface area contributed by atoms with Crippen LogP contribution in [0, 0.1) is 11.8 Å². The van der Waals surface area contributed by atoms with Crippen LogP contribution in [0.5, 0.6) is 0 Å². The highest BCUT2D eigenvalue weighted by atomic mass is 16.6. The molecule has 0 bridgehead atoms. The lowest BCUT2D eigenvalue weighted by molar-refractivity contribution is -0.134. The highest BCUT2D eigenvalue weighted by Gasteiger charge is 2.40. The summed E-state index contributed by atoms with van der Waals surface area (Å²) in [6.45, 7) is 6.48. The number of hydrogen-bond acceptors (Lipinski definition) is 3. The van der Waals surface area contributed by atoms with Crippen molar-refractivity contribution in [2.24, 2.45) is 11.8 Å². The average Bonchev–Trinajstić information content (AvgIpc) is 2.85. The lowest BCUT2D eigenvalue weighted by Crippen LogP contribution is -2.43. The Labute approximate surface area is 132 Å². The van der Waals surface area contributed by atoms with Gasteiger partial charge in [0.05, 0.1) is 6.04 Å². The quantitative estimate of drug-likeness (QED) is 0.806. The van der Waals surface area contributed by atoms with Gasteiger partial charge >= 0.3 is 6.09 Å². The van der Waals surface area contributed by atoms with Gasteiger partial charge in [-0.3, -0.25) is 4.79 Å². The van der Waals surface area contributed by atoms with Crippen LogP contribution >= 0.6 is 0 Å². The molecular weight excluding hydrogens is 278 g/mol. The summed E-state index contributed by atoms with van der Waals surface area (Å²) in [5.74, 6) is 0.239. The maximum atomic E-state index is 12.7. The Bertz CT molecular complexity index is 512. The van der Waals surface area contributed by atoms with E-state index in [4.69, 9.17) is 4.74 Å². The van der Waals surface area contributed by atoms with Gasteiger partial charge in [0.2, 0.25) is 5.91 Å². The van der Waals surface area contributed by atoms with Gasteiger partial charge < -0.3 is 4.74 Å². The lowest BCUT2D eigenvalue weighted by Gasteiger charge is -2.25. The minimum Gasteiger partial charge on any atom is -0.447 e. The fourth-order valence-electron chi connectivity index (χ4n) is 2.97. The number of cyclic esters (lactones) is 1. The first-order valence-corrected chi connectivity index (χ1v) is 8.06. The summed E-state index contributed by atoms with van der Waals surface area (Å²) in [5, 5.41) is 0. The maximum absolute atomic E-state index is 12.7. The zero-order valence-electron chi connectivity index (χ0n) is 13.6. The van der Waals surface area contributed by atoms with Gasteiger partial charge in [-0.25, -0.2) is 9.69 Å². The van der Waals surface area contributed by atoms with E-state index < -0.39 is 6.09 Å². The van der Waals surface area contributed by atoms with E-state index in [1.807, 2.05) is 37.3 Å². The van der Waals surface area contributed by atoms with E-state index in [2.05, 4.69) is 13.8 Å². The Balaban J connectivity index is 2.11. The van der Waals surface area contributed by atoms with E-state index in [0.717, 1.165) is 18.4 Å². The molecular formula is C18H25NO3. The van der Waals surface area contributed by atoms with Crippen LogP contribution in [0.1, 0.15) is 39.2 Å². The van der Waals surface area contributed by atoms with Crippen molar-refractivity contribution in [3.63, 3.8) is 0 Å². The number of ether oxygens (including phenoxy) is 1. The number of imide groups is 1. The third-order valence-electron chi connectivity index (χ3n) is 4.11. The first kappa shape index (κ1) is 16.5. The van der Waals surface area contributed by atoms with Crippen molar-refractivity contribution < 1.29 is 14.3 Å². The van der Waals surface area contributed by atoms with Crippen molar-refractivity contribution in [3.8, 4) is 0 Å².